The van der Waals surface area contributed by atoms with Crippen molar-refractivity contribution in [1.29, 1.82) is 10.8 Å². The van der Waals surface area contributed by atoms with Gasteiger partial charge in [-0.05, 0) is 25.0 Å². The maximum absolute atomic E-state index is 12.7. The number of carboxylic acids is 1. The second-order valence-electron chi connectivity index (χ2n) is 7.18. The summed E-state index contributed by atoms with van der Waals surface area (Å²) in [6.45, 7) is 0. The Morgan fingerprint density at radius 2 is 2.03 bits per heavy atom. The number of anilines is 1. The summed E-state index contributed by atoms with van der Waals surface area (Å²) in [6, 6.07) is -1.95. The SMILES string of the molecule is N=C(/C=C\C(=N)C(F)(F)F)SC1=C(C(=O)O)N2C(=O)C(NC(=O)/C(=N\O)c3nc(N)sc3Cl)[C@H]2CC1. The van der Waals surface area contributed by atoms with E-state index in [0.29, 0.717) is 23.9 Å². The highest BCUT2D eigenvalue weighted by molar-refractivity contribution is 8.17. The summed E-state index contributed by atoms with van der Waals surface area (Å²) in [5.41, 5.74) is 2.54. The van der Waals surface area contributed by atoms with Crippen molar-refractivity contribution in [3.63, 3.8) is 0 Å². The highest BCUT2D eigenvalue weighted by Crippen LogP contribution is 2.41. The Balaban J connectivity index is 1.75. The minimum absolute atomic E-state index is 0.000878. The normalized spacial score (nSPS) is 20.3. The Labute approximate surface area is 212 Å². The number of carbonyl (C=O) groups excluding carboxylic acids is 2. The van der Waals surface area contributed by atoms with Crippen LogP contribution in [-0.2, 0) is 14.4 Å². The molecule has 1 aromatic heterocycles. The number of hydrogen-bond acceptors (Lipinski definition) is 11. The minimum Gasteiger partial charge on any atom is -0.477 e. The molecule has 1 unspecified atom stereocenters. The van der Waals surface area contributed by atoms with Crippen LogP contribution in [0.1, 0.15) is 18.5 Å². The third kappa shape index (κ3) is 5.36. The molecule has 0 radical (unpaired) electrons. The molecular formula is C18H15ClF3N7O5S2. The van der Waals surface area contributed by atoms with Gasteiger partial charge in [-0.15, -0.1) is 0 Å². The van der Waals surface area contributed by atoms with E-state index in [1.807, 2.05) is 0 Å². The number of amides is 2. The molecular weight excluding hydrogens is 551 g/mol. The molecule has 7 N–H and O–H groups in total. The van der Waals surface area contributed by atoms with Gasteiger partial charge in [-0.25, -0.2) is 9.78 Å². The first-order valence-corrected chi connectivity index (χ1v) is 11.6. The number of nitrogens with two attached hydrogens (primary N) is 1. The molecule has 2 atom stereocenters. The number of aromatic nitrogens is 1. The smallest absolute Gasteiger partial charge is 0.432 e. The summed E-state index contributed by atoms with van der Waals surface area (Å²) >= 11 is 7.29. The molecule has 12 nitrogen and oxygen atoms in total. The summed E-state index contributed by atoms with van der Waals surface area (Å²) in [5.74, 6) is -3.32. The second-order valence-corrected chi connectivity index (χ2v) is 9.95. The fraction of sp³-hybridized carbons (Fsp3) is 0.278. The fourth-order valence-electron chi connectivity index (χ4n) is 3.42. The number of thioether (sulfide) groups is 1. The van der Waals surface area contributed by atoms with E-state index in [4.69, 9.17) is 28.2 Å². The summed E-state index contributed by atoms with van der Waals surface area (Å²) in [4.78, 5) is 42.0. The number of nitrogens with one attached hydrogen (secondary N) is 3. The lowest BCUT2D eigenvalue weighted by Gasteiger charge is -2.50. The first kappa shape index (κ1) is 27.2. The number of oxime groups is 1. The van der Waals surface area contributed by atoms with Crippen molar-refractivity contribution < 1.29 is 37.9 Å². The number of β-lactam (4-membered cyclic amide) rings is 1. The number of nitrogens with zero attached hydrogens (tertiary/aromatic N) is 3. The van der Waals surface area contributed by atoms with E-state index in [2.05, 4.69) is 15.5 Å². The molecule has 18 heteroatoms. The number of thiazole rings is 1. The van der Waals surface area contributed by atoms with Crippen molar-refractivity contribution in [1.82, 2.24) is 15.2 Å². The Kier molecular flexibility index (Phi) is 7.75. The van der Waals surface area contributed by atoms with Crippen LogP contribution in [0.25, 0.3) is 0 Å². The predicted molar refractivity (Wildman–Crippen MR) is 125 cm³/mol. The molecule has 0 saturated carbocycles. The van der Waals surface area contributed by atoms with Crippen LogP contribution in [0.15, 0.2) is 27.9 Å². The Bertz CT molecular complexity index is 1260. The van der Waals surface area contributed by atoms with Gasteiger partial charge in [0.15, 0.2) is 10.8 Å². The number of rotatable bonds is 7. The Morgan fingerprint density at radius 3 is 2.56 bits per heavy atom. The third-order valence-electron chi connectivity index (χ3n) is 4.96. The first-order valence-electron chi connectivity index (χ1n) is 9.61. The highest BCUT2D eigenvalue weighted by Gasteiger charge is 2.54. The van der Waals surface area contributed by atoms with Crippen LogP contribution in [0, 0.1) is 10.8 Å². The van der Waals surface area contributed by atoms with Crippen LogP contribution < -0.4 is 11.1 Å². The van der Waals surface area contributed by atoms with Crippen LogP contribution in [0.5, 0.6) is 0 Å². The van der Waals surface area contributed by atoms with Crippen LogP contribution in [0.3, 0.4) is 0 Å². The average molecular weight is 566 g/mol. The quantitative estimate of drug-likeness (QED) is 0.0947. The summed E-state index contributed by atoms with van der Waals surface area (Å²) < 4.78 is 37.3. The molecule has 3 rings (SSSR count). The van der Waals surface area contributed by atoms with Gasteiger partial charge in [-0.3, -0.25) is 25.3 Å². The van der Waals surface area contributed by atoms with Crippen molar-refractivity contribution in [2.75, 3.05) is 5.73 Å². The monoisotopic (exact) mass is 565 g/mol. The zero-order chi connectivity index (χ0) is 26.9. The maximum Gasteiger partial charge on any atom is 0.432 e. The Hall–Kier alpha value is -3.44. The molecule has 36 heavy (non-hydrogen) atoms. The highest BCUT2D eigenvalue weighted by atomic mass is 35.5. The number of carbonyl (C=O) groups is 3. The lowest BCUT2D eigenvalue weighted by atomic mass is 9.86. The molecule has 192 valence electrons. The van der Waals surface area contributed by atoms with Crippen molar-refractivity contribution in [3.8, 4) is 0 Å². The Morgan fingerprint density at radius 1 is 1.36 bits per heavy atom. The molecule has 3 heterocycles. The zero-order valence-corrected chi connectivity index (χ0v) is 20.0. The van der Waals surface area contributed by atoms with E-state index in [0.717, 1.165) is 16.2 Å². The topological polar surface area (TPSA) is 206 Å². The van der Waals surface area contributed by atoms with Crippen LogP contribution in [0.2, 0.25) is 4.34 Å². The van der Waals surface area contributed by atoms with E-state index in [9.17, 15) is 37.9 Å². The average Bonchev–Trinajstić information content (AvgIpc) is 3.12. The van der Waals surface area contributed by atoms with Gasteiger partial charge in [0.1, 0.15) is 27.5 Å². The summed E-state index contributed by atoms with van der Waals surface area (Å²) in [6.07, 6.45) is -3.64. The number of halogens is 4. The van der Waals surface area contributed by atoms with E-state index in [-0.39, 0.29) is 32.9 Å². The molecule has 1 fully saturated rings. The van der Waals surface area contributed by atoms with Gasteiger partial charge >= 0.3 is 12.1 Å². The van der Waals surface area contributed by atoms with E-state index in [1.165, 1.54) is 0 Å². The number of fused-ring (bicyclic) bond motifs is 1. The van der Waals surface area contributed by atoms with Crippen molar-refractivity contribution in [2.24, 2.45) is 5.16 Å². The first-order chi connectivity index (χ1) is 16.8. The van der Waals surface area contributed by atoms with Crippen LogP contribution in [0.4, 0.5) is 18.3 Å². The second kappa shape index (κ2) is 10.3. The van der Waals surface area contributed by atoms with Crippen molar-refractivity contribution in [2.45, 2.75) is 31.1 Å². The van der Waals surface area contributed by atoms with Crippen molar-refractivity contribution in [3.05, 3.63) is 32.8 Å². The van der Waals surface area contributed by atoms with E-state index >= 15 is 0 Å². The maximum atomic E-state index is 12.7. The number of nitrogen functional groups attached to an aromatic ring is 1. The van der Waals surface area contributed by atoms with Gasteiger partial charge in [-0.2, -0.15) is 13.2 Å². The number of alkyl halides is 3. The summed E-state index contributed by atoms with van der Waals surface area (Å²) in [5, 5.41) is 38.3. The van der Waals surface area contributed by atoms with Gasteiger partial charge in [0.05, 0.1) is 11.1 Å². The molecule has 0 aromatic carbocycles. The summed E-state index contributed by atoms with van der Waals surface area (Å²) in [7, 11) is 0. The van der Waals surface area contributed by atoms with Crippen LogP contribution in [-0.4, -0.2) is 72.7 Å². The molecule has 1 saturated heterocycles. The van der Waals surface area contributed by atoms with Gasteiger partial charge in [0, 0.05) is 4.91 Å². The molecule has 0 bridgehead atoms. The lowest BCUT2D eigenvalue weighted by Crippen LogP contribution is -2.72. The molecule has 0 aliphatic carbocycles. The molecule has 2 amide bonds. The minimum atomic E-state index is -4.90. The standard InChI is InChI=1S/C18H15ClF3N7O5S2/c19-13-10(27-17(25)36-13)11(28-34)14(30)26-9-5-1-2-6(12(16(32)33)29(5)15(9)31)35-8(24)4-3-7(23)18(20,21)22/h3-5,9,23-24,34H,1-2H2,(H2,25,27)(H,26,30)(H,32,33)/b4-3-,23-7?,24-8?,28-11-/t5-,9?/m1/s1. The number of allylic oxidation sites excluding steroid dienone is 2. The zero-order valence-electron chi connectivity index (χ0n) is 17.6. The van der Waals surface area contributed by atoms with E-state index < -0.39 is 58.2 Å². The van der Waals surface area contributed by atoms with Crippen LogP contribution >= 0.6 is 34.7 Å². The lowest BCUT2D eigenvalue weighted by molar-refractivity contribution is -0.155. The van der Waals surface area contributed by atoms with Crippen molar-refractivity contribution >= 4 is 74.1 Å². The molecule has 1 aromatic rings. The fourth-order valence-corrected chi connectivity index (χ4v) is 5.25. The van der Waals surface area contributed by atoms with Gasteiger partial charge < -0.3 is 21.4 Å². The number of aliphatic carboxylic acids is 1. The van der Waals surface area contributed by atoms with E-state index in [1.54, 1.807) is 0 Å². The molecule has 2 aliphatic rings. The molecule has 2 aliphatic heterocycles. The number of carboxylic acid groups (broad SMARTS) is 1. The predicted octanol–water partition coefficient (Wildman–Crippen LogP) is 2.19. The third-order valence-corrected chi connectivity index (χ3v) is 7.05. The largest absolute Gasteiger partial charge is 0.477 e. The molecule has 0 spiro atoms. The van der Waals surface area contributed by atoms with Gasteiger partial charge in [0.25, 0.3) is 11.8 Å². The number of hydrogen-bond donors (Lipinski definition) is 6. The van der Waals surface area contributed by atoms with Gasteiger partial charge in [0.2, 0.25) is 0 Å². The van der Waals surface area contributed by atoms with Gasteiger partial charge in [-0.1, -0.05) is 39.9 Å².